The molecule has 3 nitrogen and oxygen atoms in total. The summed E-state index contributed by atoms with van der Waals surface area (Å²) in [6.45, 7) is 3.77. The van der Waals surface area contributed by atoms with Crippen LogP contribution in [-0.4, -0.2) is 19.0 Å². The molecular weight excluding hydrogens is 484 g/mol. The summed E-state index contributed by atoms with van der Waals surface area (Å²) in [5, 5.41) is 4.01. The highest BCUT2D eigenvalue weighted by molar-refractivity contribution is 6.31. The van der Waals surface area contributed by atoms with Gasteiger partial charge in [0.15, 0.2) is 5.78 Å². The van der Waals surface area contributed by atoms with E-state index in [4.69, 9.17) is 23.2 Å². The van der Waals surface area contributed by atoms with Crippen molar-refractivity contribution in [2.45, 2.75) is 57.0 Å². The predicted octanol–water partition coefficient (Wildman–Crippen LogP) is 8.56. The molecule has 0 fully saturated rings. The topological polar surface area (TPSA) is 41.5 Å². The lowest BCUT2D eigenvalue weighted by Crippen LogP contribution is -2.08. The van der Waals surface area contributed by atoms with Crippen molar-refractivity contribution in [3.8, 4) is 0 Å². The molecular formula is C26H27Cl2F3N2O. The van der Waals surface area contributed by atoms with Crippen molar-refractivity contribution in [1.82, 2.24) is 0 Å². The summed E-state index contributed by atoms with van der Waals surface area (Å²) in [4.78, 5) is 16.9. The van der Waals surface area contributed by atoms with Gasteiger partial charge in [-0.1, -0.05) is 49.0 Å². The van der Waals surface area contributed by atoms with E-state index in [1.165, 1.54) is 6.07 Å². The molecule has 34 heavy (non-hydrogen) atoms. The number of nitrogens with zero attached hydrogens (tertiary/aromatic N) is 1. The average molecular weight is 511 g/mol. The van der Waals surface area contributed by atoms with Crippen molar-refractivity contribution in [2.24, 2.45) is 4.99 Å². The van der Waals surface area contributed by atoms with Gasteiger partial charge in [-0.3, -0.25) is 9.79 Å². The number of carbonyl (C=O) groups is 1. The lowest BCUT2D eigenvalue weighted by atomic mass is 9.93. The number of unbranched alkanes of at least 4 members (excludes halogenated alkanes) is 3. The van der Waals surface area contributed by atoms with Crippen LogP contribution in [0.1, 0.15) is 61.1 Å². The summed E-state index contributed by atoms with van der Waals surface area (Å²) in [7, 11) is 1.85. The Bertz CT molecular complexity index is 1100. The van der Waals surface area contributed by atoms with E-state index in [0.29, 0.717) is 17.9 Å². The van der Waals surface area contributed by atoms with E-state index in [1.54, 1.807) is 0 Å². The largest absolute Gasteiger partial charge is 0.416 e. The molecule has 0 bridgehead atoms. The van der Waals surface area contributed by atoms with Crippen LogP contribution in [-0.2, 0) is 17.4 Å². The lowest BCUT2D eigenvalue weighted by Gasteiger charge is -2.12. The summed E-state index contributed by atoms with van der Waals surface area (Å²) in [6, 6.07) is 6.96. The number of rotatable bonds is 11. The van der Waals surface area contributed by atoms with Gasteiger partial charge >= 0.3 is 6.18 Å². The first-order valence-corrected chi connectivity index (χ1v) is 12.0. The molecule has 1 unspecified atom stereocenters. The van der Waals surface area contributed by atoms with Crippen LogP contribution in [0.15, 0.2) is 47.5 Å². The Morgan fingerprint density at radius 2 is 1.85 bits per heavy atom. The van der Waals surface area contributed by atoms with E-state index in [0.717, 1.165) is 54.8 Å². The second-order valence-electron chi connectivity index (χ2n) is 8.49. The molecule has 1 aliphatic rings. The number of ketones is 1. The minimum Gasteiger partial charge on any atom is -0.386 e. The number of fused-ring (bicyclic) bond motifs is 1. The van der Waals surface area contributed by atoms with E-state index in [1.807, 2.05) is 25.4 Å². The molecule has 1 heterocycles. The Kier molecular flexibility index (Phi) is 8.83. The molecule has 3 rings (SSSR count). The first-order valence-electron chi connectivity index (χ1n) is 11.2. The third-order valence-corrected chi connectivity index (χ3v) is 6.58. The highest BCUT2D eigenvalue weighted by atomic mass is 35.5. The first-order chi connectivity index (χ1) is 16.1. The van der Waals surface area contributed by atoms with Crippen LogP contribution in [0, 0.1) is 0 Å². The number of Topliss-reactive ketones (excluding diaryl/α,β-unsaturated/α-hetero) is 1. The fourth-order valence-electron chi connectivity index (χ4n) is 4.11. The van der Waals surface area contributed by atoms with Crippen molar-refractivity contribution in [1.29, 1.82) is 0 Å². The number of anilines is 1. The van der Waals surface area contributed by atoms with Gasteiger partial charge in [0, 0.05) is 42.1 Å². The molecule has 1 aliphatic heterocycles. The summed E-state index contributed by atoms with van der Waals surface area (Å²) in [5.41, 5.74) is 2.75. The number of alkyl halides is 3. The van der Waals surface area contributed by atoms with E-state index in [2.05, 4.69) is 16.9 Å². The Morgan fingerprint density at radius 1 is 1.12 bits per heavy atom. The number of allylic oxidation sites excluding steroid dienone is 1. The van der Waals surface area contributed by atoms with Gasteiger partial charge in [-0.05, 0) is 59.9 Å². The monoisotopic (exact) mass is 510 g/mol. The van der Waals surface area contributed by atoms with Gasteiger partial charge in [0.05, 0.1) is 16.9 Å². The van der Waals surface area contributed by atoms with Gasteiger partial charge in [0.25, 0.3) is 0 Å². The van der Waals surface area contributed by atoms with Crippen LogP contribution < -0.4 is 5.32 Å². The Morgan fingerprint density at radius 3 is 2.56 bits per heavy atom. The second kappa shape index (κ2) is 11.4. The number of benzene rings is 2. The van der Waals surface area contributed by atoms with Crippen LogP contribution in [0.25, 0.3) is 0 Å². The number of carbonyl (C=O) groups excluding carboxylic acids is 1. The summed E-state index contributed by atoms with van der Waals surface area (Å²) in [5.74, 6) is 0.0963. The summed E-state index contributed by atoms with van der Waals surface area (Å²) in [6.07, 6.45) is 2.35. The van der Waals surface area contributed by atoms with Crippen LogP contribution in [0.4, 0.5) is 24.5 Å². The van der Waals surface area contributed by atoms with Gasteiger partial charge in [-0.15, -0.1) is 0 Å². The molecule has 2 aromatic carbocycles. The van der Waals surface area contributed by atoms with Gasteiger partial charge in [-0.2, -0.15) is 13.2 Å². The third kappa shape index (κ3) is 6.63. The molecule has 1 N–H and O–H groups in total. The number of aliphatic imine (C=N–C) groups is 1. The predicted molar refractivity (Wildman–Crippen MR) is 134 cm³/mol. The summed E-state index contributed by atoms with van der Waals surface area (Å²) >= 11 is 12.3. The number of halogens is 5. The quantitative estimate of drug-likeness (QED) is 0.243. The van der Waals surface area contributed by atoms with Gasteiger partial charge < -0.3 is 5.32 Å². The molecule has 0 amide bonds. The molecule has 2 aromatic rings. The zero-order valence-corrected chi connectivity index (χ0v) is 20.5. The van der Waals surface area contributed by atoms with Gasteiger partial charge in [0.1, 0.15) is 0 Å². The minimum absolute atomic E-state index is 0.0131. The second-order valence-corrected chi connectivity index (χ2v) is 9.33. The maximum atomic E-state index is 12.9. The minimum atomic E-state index is -4.46. The zero-order chi connectivity index (χ0) is 24.9. The fourth-order valence-corrected chi connectivity index (χ4v) is 4.52. The number of hydrogen-bond donors (Lipinski definition) is 1. The van der Waals surface area contributed by atoms with Crippen molar-refractivity contribution in [3.63, 3.8) is 0 Å². The molecule has 0 aromatic heterocycles. The van der Waals surface area contributed by atoms with Crippen molar-refractivity contribution >= 4 is 46.6 Å². The van der Waals surface area contributed by atoms with Crippen molar-refractivity contribution in [2.75, 3.05) is 12.4 Å². The molecule has 182 valence electrons. The van der Waals surface area contributed by atoms with Crippen LogP contribution in [0.5, 0.6) is 0 Å². The normalized spacial score (nSPS) is 14.8. The standard InChI is InChI=1S/C26H27Cl2F3N2O/c1-16(11-18-12-19(26(29,30)31)9-10-22(18)28)24(34)8-6-4-3-5-7-17-15-33-25-21(17)13-20(27)14-23(25)32-2/h9-10,12-15,17,32H,1,3-8,11H2,2H3. The van der Waals surface area contributed by atoms with Gasteiger partial charge in [-0.25, -0.2) is 0 Å². The highest BCUT2D eigenvalue weighted by Crippen LogP contribution is 2.42. The Labute approximate surface area is 208 Å². The van der Waals surface area contributed by atoms with E-state index < -0.39 is 11.7 Å². The average Bonchev–Trinajstić information content (AvgIpc) is 3.18. The maximum absolute atomic E-state index is 12.9. The lowest BCUT2D eigenvalue weighted by molar-refractivity contribution is -0.137. The molecule has 0 spiro atoms. The van der Waals surface area contributed by atoms with Crippen LogP contribution >= 0.6 is 23.2 Å². The molecule has 1 atom stereocenters. The Hall–Kier alpha value is -2.31. The molecule has 8 heteroatoms. The van der Waals surface area contributed by atoms with Crippen molar-refractivity contribution < 1.29 is 18.0 Å². The SMILES string of the molecule is C=C(Cc1cc(C(F)(F)F)ccc1Cl)C(=O)CCCCCCC1C=Nc2c(NC)cc(Cl)cc21. The van der Waals surface area contributed by atoms with Crippen LogP contribution in [0.3, 0.4) is 0 Å². The molecule has 0 radical (unpaired) electrons. The Balaban J connectivity index is 1.40. The number of nitrogens with one attached hydrogen (secondary N) is 1. The van der Waals surface area contributed by atoms with Gasteiger partial charge in [0.2, 0.25) is 0 Å². The number of hydrogen-bond acceptors (Lipinski definition) is 3. The maximum Gasteiger partial charge on any atom is 0.416 e. The van der Waals surface area contributed by atoms with Crippen molar-refractivity contribution in [3.05, 3.63) is 69.2 Å². The fraction of sp³-hybridized carbons (Fsp3) is 0.385. The van der Waals surface area contributed by atoms with E-state index >= 15 is 0 Å². The summed E-state index contributed by atoms with van der Waals surface area (Å²) < 4.78 is 38.8. The molecule has 0 saturated carbocycles. The van der Waals surface area contributed by atoms with E-state index in [9.17, 15) is 18.0 Å². The first kappa shape index (κ1) is 26.3. The third-order valence-electron chi connectivity index (χ3n) is 6.00. The smallest absolute Gasteiger partial charge is 0.386 e. The molecule has 0 aliphatic carbocycles. The van der Waals surface area contributed by atoms with Crippen LogP contribution in [0.2, 0.25) is 10.0 Å². The zero-order valence-electron chi connectivity index (χ0n) is 18.9. The highest BCUT2D eigenvalue weighted by Gasteiger charge is 2.31. The van der Waals surface area contributed by atoms with E-state index in [-0.39, 0.29) is 34.3 Å². The molecule has 0 saturated heterocycles.